The molecule has 1 N–H and O–H groups in total. The molecule has 0 saturated carbocycles. The fraction of sp³-hybridized carbons (Fsp3) is 0.765. The minimum atomic E-state index is -0.307. The number of likely N-dealkylation sites (tertiary alicyclic amines) is 1. The van der Waals surface area contributed by atoms with Crippen LogP contribution in [0.1, 0.15) is 32.6 Å². The molecule has 2 unspecified atom stereocenters. The van der Waals surface area contributed by atoms with Crippen molar-refractivity contribution in [2.24, 2.45) is 5.92 Å². The third-order valence-corrected chi connectivity index (χ3v) is 5.82. The van der Waals surface area contributed by atoms with E-state index in [1.54, 1.807) is 0 Å². The van der Waals surface area contributed by atoms with Gasteiger partial charge in [-0.1, -0.05) is 0 Å². The predicted molar refractivity (Wildman–Crippen MR) is 86.3 cm³/mol. The van der Waals surface area contributed by atoms with Crippen LogP contribution in [0.2, 0.25) is 0 Å². The highest BCUT2D eigenvalue weighted by molar-refractivity contribution is 5.70. The maximum absolute atomic E-state index is 12.1. The highest BCUT2D eigenvalue weighted by Gasteiger charge is 2.45. The highest BCUT2D eigenvalue weighted by Crippen LogP contribution is 2.39. The Hall–Kier alpha value is -1.92. The van der Waals surface area contributed by atoms with Gasteiger partial charge in [-0.2, -0.15) is 0 Å². The average molecular weight is 335 g/mol. The van der Waals surface area contributed by atoms with Crippen molar-refractivity contribution < 1.29 is 19.1 Å². The average Bonchev–Trinajstić information content (AvgIpc) is 2.96. The molecular weight excluding hydrogens is 310 g/mol. The van der Waals surface area contributed by atoms with E-state index in [0.29, 0.717) is 19.1 Å². The van der Waals surface area contributed by atoms with Crippen LogP contribution >= 0.6 is 0 Å². The number of rotatable bonds is 2. The van der Waals surface area contributed by atoms with Crippen LogP contribution in [0.4, 0.5) is 9.59 Å². The lowest BCUT2D eigenvalue weighted by Crippen LogP contribution is -2.54. The van der Waals surface area contributed by atoms with Crippen molar-refractivity contribution in [2.45, 2.75) is 44.2 Å². The molecule has 24 heavy (non-hydrogen) atoms. The number of nitrogens with one attached hydrogen (secondary N) is 1. The second kappa shape index (κ2) is 5.86. The second-order valence-corrected chi connectivity index (χ2v) is 7.20. The summed E-state index contributed by atoms with van der Waals surface area (Å²) in [5, 5.41) is 2.78. The van der Waals surface area contributed by atoms with Crippen LogP contribution in [0.5, 0.6) is 0 Å². The van der Waals surface area contributed by atoms with E-state index in [4.69, 9.17) is 9.47 Å². The number of alkyl carbamates (subject to hydrolysis) is 1. The molecule has 5 aliphatic rings. The summed E-state index contributed by atoms with van der Waals surface area (Å²) in [6.45, 7) is 5.46. The van der Waals surface area contributed by atoms with Gasteiger partial charge in [-0.3, -0.25) is 0 Å². The summed E-state index contributed by atoms with van der Waals surface area (Å²) in [7, 11) is 0. The lowest BCUT2D eigenvalue weighted by atomic mass is 9.81. The van der Waals surface area contributed by atoms with E-state index in [0.717, 1.165) is 45.3 Å². The van der Waals surface area contributed by atoms with Crippen molar-refractivity contribution in [3.05, 3.63) is 11.8 Å². The van der Waals surface area contributed by atoms with Gasteiger partial charge in [0.05, 0.1) is 19.2 Å². The third kappa shape index (κ3) is 2.59. The fourth-order valence-corrected chi connectivity index (χ4v) is 4.47. The van der Waals surface area contributed by atoms with Gasteiger partial charge in [0.15, 0.2) is 0 Å². The summed E-state index contributed by atoms with van der Waals surface area (Å²) < 4.78 is 10.7. The summed E-state index contributed by atoms with van der Waals surface area (Å²) in [5.74, 6) is 0.401. The first-order valence-corrected chi connectivity index (χ1v) is 8.97. The largest absolute Gasteiger partial charge is 0.450 e. The molecule has 7 nitrogen and oxygen atoms in total. The normalized spacial score (nSPS) is 30.9. The van der Waals surface area contributed by atoms with Crippen LogP contribution < -0.4 is 5.32 Å². The van der Waals surface area contributed by atoms with Crippen LogP contribution in [0, 0.1) is 5.92 Å². The van der Waals surface area contributed by atoms with Gasteiger partial charge in [-0.05, 0) is 25.8 Å². The van der Waals surface area contributed by atoms with Crippen molar-refractivity contribution in [3.8, 4) is 0 Å². The molecule has 4 heterocycles. The third-order valence-electron chi connectivity index (χ3n) is 5.82. The van der Waals surface area contributed by atoms with E-state index in [2.05, 4.69) is 16.3 Å². The number of hydrogen-bond donors (Lipinski definition) is 1. The van der Waals surface area contributed by atoms with Gasteiger partial charge in [0.1, 0.15) is 5.60 Å². The molecule has 2 bridgehead atoms. The molecule has 7 heteroatoms. The first-order valence-electron chi connectivity index (χ1n) is 8.97. The smallest absolute Gasteiger partial charge is 0.410 e. The van der Waals surface area contributed by atoms with Gasteiger partial charge in [0, 0.05) is 44.1 Å². The number of carbonyl (C=O) groups excluding carboxylic acids is 2. The number of fused-ring (bicyclic) bond motifs is 2. The molecule has 1 aliphatic carbocycles. The fourth-order valence-electron chi connectivity index (χ4n) is 4.47. The second-order valence-electron chi connectivity index (χ2n) is 7.20. The Morgan fingerprint density at radius 1 is 1.42 bits per heavy atom. The first-order chi connectivity index (χ1) is 11.6. The summed E-state index contributed by atoms with van der Waals surface area (Å²) in [6.07, 6.45) is 5.65. The minimum absolute atomic E-state index is 0.158. The van der Waals surface area contributed by atoms with Crippen molar-refractivity contribution in [1.82, 2.24) is 15.1 Å². The number of amides is 2. The molecule has 2 atom stereocenters. The number of hydrogen-bond acceptors (Lipinski definition) is 5. The van der Waals surface area contributed by atoms with Crippen LogP contribution in [0.25, 0.3) is 0 Å². The lowest BCUT2D eigenvalue weighted by molar-refractivity contribution is 0.00123. The predicted octanol–water partition coefficient (Wildman–Crippen LogP) is 1.70. The number of ether oxygens (including phenoxy) is 2. The zero-order valence-electron chi connectivity index (χ0n) is 14.1. The molecule has 1 spiro atoms. The van der Waals surface area contributed by atoms with Gasteiger partial charge in [0.25, 0.3) is 0 Å². The number of piperidine rings is 2. The van der Waals surface area contributed by atoms with E-state index in [1.165, 1.54) is 5.70 Å². The van der Waals surface area contributed by atoms with E-state index in [9.17, 15) is 9.59 Å². The SMILES string of the molecule is CCOC(=O)N1CC2CCC1C=C2N1CCC2(CC1)CNC(=O)O2. The Bertz CT molecular complexity index is 568. The standard InChI is InChI=1S/C17H25N3O4/c1-2-23-16(22)20-10-12-3-4-13(20)9-14(12)19-7-5-17(6-8-19)11-18-15(21)24-17/h9,12-13H,2-8,10-11H2,1H3,(H,18,21). The number of carbonyl (C=O) groups is 2. The molecule has 0 aromatic carbocycles. The van der Waals surface area contributed by atoms with Gasteiger partial charge < -0.3 is 24.6 Å². The van der Waals surface area contributed by atoms with Crippen molar-refractivity contribution >= 4 is 12.2 Å². The van der Waals surface area contributed by atoms with Crippen molar-refractivity contribution in [1.29, 1.82) is 0 Å². The summed E-state index contributed by atoms with van der Waals surface area (Å²) in [6, 6.07) is 0.158. The molecule has 132 valence electrons. The van der Waals surface area contributed by atoms with Crippen molar-refractivity contribution in [3.63, 3.8) is 0 Å². The Morgan fingerprint density at radius 2 is 2.21 bits per heavy atom. The first kappa shape index (κ1) is 15.6. The van der Waals surface area contributed by atoms with Gasteiger partial charge in [-0.25, -0.2) is 9.59 Å². The molecular formula is C17H25N3O4. The zero-order chi connectivity index (χ0) is 16.7. The topological polar surface area (TPSA) is 71.1 Å². The van der Waals surface area contributed by atoms with Gasteiger partial charge in [-0.15, -0.1) is 0 Å². The highest BCUT2D eigenvalue weighted by atomic mass is 16.6. The molecule has 0 aromatic heterocycles. The molecule has 4 aliphatic heterocycles. The maximum Gasteiger partial charge on any atom is 0.410 e. The molecule has 3 fully saturated rings. The summed E-state index contributed by atoms with van der Waals surface area (Å²) >= 11 is 0. The van der Waals surface area contributed by atoms with E-state index in [-0.39, 0.29) is 23.8 Å². The summed E-state index contributed by atoms with van der Waals surface area (Å²) in [5.41, 5.74) is 1.07. The van der Waals surface area contributed by atoms with Crippen LogP contribution in [-0.2, 0) is 9.47 Å². The summed E-state index contributed by atoms with van der Waals surface area (Å²) in [4.78, 5) is 27.7. The maximum atomic E-state index is 12.1. The Labute approximate surface area is 141 Å². The van der Waals surface area contributed by atoms with Crippen molar-refractivity contribution in [2.75, 3.05) is 32.8 Å². The quantitative estimate of drug-likeness (QED) is 0.832. The molecule has 3 saturated heterocycles. The monoisotopic (exact) mass is 335 g/mol. The molecule has 0 aromatic rings. The minimum Gasteiger partial charge on any atom is -0.450 e. The molecule has 2 amide bonds. The van der Waals surface area contributed by atoms with E-state index >= 15 is 0 Å². The van der Waals surface area contributed by atoms with Crippen LogP contribution in [0.15, 0.2) is 11.8 Å². The zero-order valence-corrected chi connectivity index (χ0v) is 14.1. The van der Waals surface area contributed by atoms with Gasteiger partial charge in [0.2, 0.25) is 0 Å². The number of nitrogens with zero attached hydrogens (tertiary/aromatic N) is 2. The molecule has 0 radical (unpaired) electrons. The van der Waals surface area contributed by atoms with E-state index < -0.39 is 0 Å². The Kier molecular flexibility index (Phi) is 3.81. The van der Waals surface area contributed by atoms with Gasteiger partial charge >= 0.3 is 12.2 Å². The Morgan fingerprint density at radius 3 is 2.79 bits per heavy atom. The Balaban J connectivity index is 1.42. The van der Waals surface area contributed by atoms with E-state index in [1.807, 2.05) is 11.8 Å². The van der Waals surface area contributed by atoms with Crippen LogP contribution in [0.3, 0.4) is 0 Å². The molecule has 5 rings (SSSR count). The van der Waals surface area contributed by atoms with Crippen LogP contribution in [-0.4, -0.2) is 66.4 Å². The lowest BCUT2D eigenvalue weighted by Gasteiger charge is -2.48.